The molecule has 3 rings (SSSR count). The van der Waals surface area contributed by atoms with Gasteiger partial charge in [0.1, 0.15) is 18.4 Å². The Morgan fingerprint density at radius 1 is 1.09 bits per heavy atom. The SMILES string of the molecule is CC(C)CC(N)C(=O)NC(Cc1ccc(OCc2ccccc2)cc1)C(=O)N1CCCC(C)C1. The van der Waals surface area contributed by atoms with Crippen LogP contribution in [-0.2, 0) is 22.6 Å². The summed E-state index contributed by atoms with van der Waals surface area (Å²) >= 11 is 0. The van der Waals surface area contributed by atoms with E-state index < -0.39 is 12.1 Å². The number of likely N-dealkylation sites (tertiary alicyclic amines) is 1. The zero-order chi connectivity index (χ0) is 24.5. The fourth-order valence-electron chi connectivity index (χ4n) is 4.40. The first-order chi connectivity index (χ1) is 16.3. The van der Waals surface area contributed by atoms with Crippen LogP contribution in [0.1, 0.15) is 51.2 Å². The van der Waals surface area contributed by atoms with Crippen molar-refractivity contribution in [3.05, 3.63) is 65.7 Å². The van der Waals surface area contributed by atoms with Crippen LogP contribution in [-0.4, -0.2) is 41.9 Å². The van der Waals surface area contributed by atoms with Gasteiger partial charge in [-0.15, -0.1) is 0 Å². The molecule has 0 bridgehead atoms. The summed E-state index contributed by atoms with van der Waals surface area (Å²) in [4.78, 5) is 28.1. The topological polar surface area (TPSA) is 84.7 Å². The van der Waals surface area contributed by atoms with Gasteiger partial charge in [-0.3, -0.25) is 9.59 Å². The highest BCUT2D eigenvalue weighted by Crippen LogP contribution is 2.19. The molecular formula is C28H39N3O3. The Hall–Kier alpha value is -2.86. The molecule has 6 nitrogen and oxygen atoms in total. The van der Waals surface area contributed by atoms with Crippen LogP contribution in [0.25, 0.3) is 0 Å². The van der Waals surface area contributed by atoms with Crippen LogP contribution in [0.2, 0.25) is 0 Å². The summed E-state index contributed by atoms with van der Waals surface area (Å²) in [5, 5.41) is 2.96. The number of benzene rings is 2. The van der Waals surface area contributed by atoms with E-state index in [4.69, 9.17) is 10.5 Å². The quantitative estimate of drug-likeness (QED) is 0.557. The van der Waals surface area contributed by atoms with Gasteiger partial charge in [0.25, 0.3) is 0 Å². The van der Waals surface area contributed by atoms with Crippen molar-refractivity contribution < 1.29 is 14.3 Å². The number of hydrogen-bond acceptors (Lipinski definition) is 4. The molecule has 3 unspecified atom stereocenters. The van der Waals surface area contributed by atoms with Gasteiger partial charge in [0.15, 0.2) is 0 Å². The molecule has 0 radical (unpaired) electrons. The number of piperidine rings is 1. The number of hydrogen-bond donors (Lipinski definition) is 2. The Morgan fingerprint density at radius 2 is 1.79 bits per heavy atom. The average Bonchev–Trinajstić information content (AvgIpc) is 2.83. The summed E-state index contributed by atoms with van der Waals surface area (Å²) in [6.45, 7) is 8.20. The Balaban J connectivity index is 1.67. The van der Waals surface area contributed by atoms with Gasteiger partial charge < -0.3 is 20.7 Å². The Bertz CT molecular complexity index is 914. The van der Waals surface area contributed by atoms with E-state index in [1.807, 2.05) is 73.3 Å². The molecule has 0 spiro atoms. The van der Waals surface area contributed by atoms with Gasteiger partial charge in [-0.05, 0) is 54.4 Å². The number of amides is 2. The molecule has 34 heavy (non-hydrogen) atoms. The average molecular weight is 466 g/mol. The fourth-order valence-corrected chi connectivity index (χ4v) is 4.40. The van der Waals surface area contributed by atoms with E-state index in [-0.39, 0.29) is 11.8 Å². The minimum Gasteiger partial charge on any atom is -0.489 e. The predicted octanol–water partition coefficient (Wildman–Crippen LogP) is 3.92. The number of ether oxygens (including phenoxy) is 1. The highest BCUT2D eigenvalue weighted by atomic mass is 16.5. The van der Waals surface area contributed by atoms with E-state index in [9.17, 15) is 9.59 Å². The van der Waals surface area contributed by atoms with Crippen molar-refractivity contribution in [2.24, 2.45) is 17.6 Å². The van der Waals surface area contributed by atoms with Crippen LogP contribution in [0.3, 0.4) is 0 Å². The largest absolute Gasteiger partial charge is 0.489 e. The molecule has 0 aromatic heterocycles. The highest BCUT2D eigenvalue weighted by Gasteiger charge is 2.30. The van der Waals surface area contributed by atoms with Crippen LogP contribution >= 0.6 is 0 Å². The molecule has 0 aliphatic carbocycles. The molecule has 0 saturated carbocycles. The molecule has 184 valence electrons. The monoisotopic (exact) mass is 465 g/mol. The van der Waals surface area contributed by atoms with E-state index >= 15 is 0 Å². The third-order valence-corrected chi connectivity index (χ3v) is 6.26. The molecule has 2 aromatic carbocycles. The van der Waals surface area contributed by atoms with Gasteiger partial charge in [-0.2, -0.15) is 0 Å². The summed E-state index contributed by atoms with van der Waals surface area (Å²) in [5.74, 6) is 1.25. The van der Waals surface area contributed by atoms with Gasteiger partial charge in [0.2, 0.25) is 11.8 Å². The lowest BCUT2D eigenvalue weighted by atomic mass is 9.97. The molecule has 1 fully saturated rings. The lowest BCUT2D eigenvalue weighted by Gasteiger charge is -2.34. The first-order valence-corrected chi connectivity index (χ1v) is 12.4. The van der Waals surface area contributed by atoms with Crippen LogP contribution in [0, 0.1) is 11.8 Å². The van der Waals surface area contributed by atoms with Crippen molar-refractivity contribution in [2.75, 3.05) is 13.1 Å². The number of nitrogens with one attached hydrogen (secondary N) is 1. The van der Waals surface area contributed by atoms with Crippen LogP contribution in [0.4, 0.5) is 0 Å². The van der Waals surface area contributed by atoms with E-state index in [2.05, 4.69) is 12.2 Å². The summed E-state index contributed by atoms with van der Waals surface area (Å²) in [6, 6.07) is 16.5. The molecule has 2 amide bonds. The summed E-state index contributed by atoms with van der Waals surface area (Å²) < 4.78 is 5.88. The molecule has 1 aliphatic rings. The maximum absolute atomic E-state index is 13.4. The van der Waals surface area contributed by atoms with Crippen LogP contribution in [0.5, 0.6) is 5.75 Å². The van der Waals surface area contributed by atoms with Crippen LogP contribution in [0.15, 0.2) is 54.6 Å². The lowest BCUT2D eigenvalue weighted by Crippen LogP contribution is -2.55. The molecule has 3 atom stereocenters. The first-order valence-electron chi connectivity index (χ1n) is 12.4. The smallest absolute Gasteiger partial charge is 0.245 e. The van der Waals surface area contributed by atoms with Crippen molar-refractivity contribution >= 4 is 11.8 Å². The Morgan fingerprint density at radius 3 is 2.44 bits per heavy atom. The van der Waals surface area contributed by atoms with Gasteiger partial charge in [-0.1, -0.05) is 63.2 Å². The van der Waals surface area contributed by atoms with E-state index in [1.165, 1.54) is 0 Å². The second-order valence-corrected chi connectivity index (χ2v) is 9.95. The minimum atomic E-state index is -0.632. The molecular weight excluding hydrogens is 426 g/mol. The van der Waals surface area contributed by atoms with Crippen LogP contribution < -0.4 is 15.8 Å². The Labute approximate surface area is 203 Å². The third-order valence-electron chi connectivity index (χ3n) is 6.26. The minimum absolute atomic E-state index is 0.0268. The normalized spacial score (nSPS) is 17.8. The maximum atomic E-state index is 13.4. The molecule has 2 aromatic rings. The van der Waals surface area contributed by atoms with Gasteiger partial charge in [-0.25, -0.2) is 0 Å². The first kappa shape index (κ1) is 25.8. The highest BCUT2D eigenvalue weighted by molar-refractivity contribution is 5.90. The summed E-state index contributed by atoms with van der Waals surface area (Å²) in [6.07, 6.45) is 3.13. The third kappa shape index (κ3) is 7.87. The van der Waals surface area contributed by atoms with Crippen molar-refractivity contribution in [3.8, 4) is 5.75 Å². The standard InChI is InChI=1S/C28H39N3O3/c1-20(2)16-25(29)27(32)30-26(28(33)31-15-7-8-21(3)18-31)17-22-11-13-24(14-12-22)34-19-23-9-5-4-6-10-23/h4-6,9-14,20-21,25-26H,7-8,15-19,29H2,1-3H3,(H,30,32). The van der Waals surface area contributed by atoms with E-state index in [0.717, 1.165) is 42.8 Å². The lowest BCUT2D eigenvalue weighted by molar-refractivity contribution is -0.138. The number of carbonyl (C=O) groups excluding carboxylic acids is 2. The summed E-state index contributed by atoms with van der Waals surface area (Å²) in [7, 11) is 0. The van der Waals surface area contributed by atoms with Crippen molar-refractivity contribution in [2.45, 2.75) is 65.1 Å². The van der Waals surface area contributed by atoms with Gasteiger partial charge >= 0.3 is 0 Å². The van der Waals surface area contributed by atoms with E-state index in [0.29, 0.717) is 31.3 Å². The van der Waals surface area contributed by atoms with Crippen molar-refractivity contribution in [1.82, 2.24) is 10.2 Å². The van der Waals surface area contributed by atoms with E-state index in [1.54, 1.807) is 0 Å². The zero-order valence-electron chi connectivity index (χ0n) is 20.7. The number of nitrogens with zero attached hydrogens (tertiary/aromatic N) is 1. The van der Waals surface area contributed by atoms with Crippen molar-refractivity contribution in [3.63, 3.8) is 0 Å². The number of rotatable bonds is 10. The molecule has 6 heteroatoms. The number of carbonyl (C=O) groups is 2. The zero-order valence-corrected chi connectivity index (χ0v) is 20.7. The molecule has 1 saturated heterocycles. The fraction of sp³-hybridized carbons (Fsp3) is 0.500. The maximum Gasteiger partial charge on any atom is 0.245 e. The summed E-state index contributed by atoms with van der Waals surface area (Å²) in [5.41, 5.74) is 8.18. The van der Waals surface area contributed by atoms with Gasteiger partial charge in [0.05, 0.1) is 6.04 Å². The second-order valence-electron chi connectivity index (χ2n) is 9.95. The molecule has 3 N–H and O–H groups in total. The van der Waals surface area contributed by atoms with Crippen molar-refractivity contribution in [1.29, 1.82) is 0 Å². The second kappa shape index (κ2) is 12.6. The Kier molecular flexibility index (Phi) is 9.52. The predicted molar refractivity (Wildman–Crippen MR) is 135 cm³/mol. The number of nitrogens with two attached hydrogens (primary N) is 1. The molecule has 1 heterocycles. The van der Waals surface area contributed by atoms with Gasteiger partial charge in [0, 0.05) is 19.5 Å². The molecule has 1 aliphatic heterocycles.